The number of carbonyl (C=O) groups is 1. The highest BCUT2D eigenvalue weighted by Gasteiger charge is 2.36. The van der Waals surface area contributed by atoms with Crippen LogP contribution in [0, 0.1) is 0 Å². The maximum absolute atomic E-state index is 13.6. The molecule has 1 fully saturated rings. The molecule has 2 aliphatic rings. The fraction of sp³-hybridized carbons (Fsp3) is 0.233. The van der Waals surface area contributed by atoms with Crippen LogP contribution in [0.15, 0.2) is 88.8 Å². The smallest absolute Gasteiger partial charge is 0.258 e. The van der Waals surface area contributed by atoms with Gasteiger partial charge >= 0.3 is 0 Å². The Hall–Kier alpha value is -3.78. The van der Waals surface area contributed by atoms with E-state index in [1.165, 1.54) is 0 Å². The Morgan fingerprint density at radius 1 is 0.974 bits per heavy atom. The predicted octanol–water partition coefficient (Wildman–Crippen LogP) is 4.86. The van der Waals surface area contributed by atoms with Crippen molar-refractivity contribution in [3.05, 3.63) is 105 Å². The van der Waals surface area contributed by atoms with E-state index in [-0.39, 0.29) is 24.1 Å². The monoisotopic (exact) mass is 526 g/mol. The SMILES string of the molecule is O=C(CN1CCOCC1)N1N=C(c2c(-c3ccccc3)c3cc(Cl)ccc3[nH]c2=O)C[C@H]1c1ccccc1. The Bertz CT molecular complexity index is 1560. The Balaban J connectivity index is 1.49. The van der Waals surface area contributed by atoms with Gasteiger partial charge in [0, 0.05) is 41.0 Å². The molecule has 2 aliphatic heterocycles. The molecule has 0 radical (unpaired) electrons. The minimum Gasteiger partial charge on any atom is -0.379 e. The lowest BCUT2D eigenvalue weighted by molar-refractivity contribution is -0.135. The van der Waals surface area contributed by atoms with E-state index in [9.17, 15) is 9.59 Å². The molecule has 0 aliphatic carbocycles. The molecule has 0 saturated carbocycles. The van der Waals surface area contributed by atoms with Crippen molar-refractivity contribution in [2.24, 2.45) is 5.10 Å². The van der Waals surface area contributed by atoms with Crippen LogP contribution in [0.4, 0.5) is 0 Å². The van der Waals surface area contributed by atoms with E-state index in [1.807, 2.05) is 72.8 Å². The Morgan fingerprint density at radius 3 is 2.42 bits per heavy atom. The summed E-state index contributed by atoms with van der Waals surface area (Å²) < 4.78 is 5.44. The highest BCUT2D eigenvalue weighted by Crippen LogP contribution is 2.37. The van der Waals surface area contributed by atoms with Crippen LogP contribution >= 0.6 is 11.6 Å². The van der Waals surface area contributed by atoms with E-state index in [2.05, 4.69) is 9.88 Å². The molecule has 1 saturated heterocycles. The number of carbonyl (C=O) groups excluding carboxylic acids is 1. The van der Waals surface area contributed by atoms with Crippen LogP contribution in [0.2, 0.25) is 5.02 Å². The number of ether oxygens (including phenoxy) is 1. The van der Waals surface area contributed by atoms with Crippen LogP contribution in [0.5, 0.6) is 0 Å². The first-order valence-electron chi connectivity index (χ1n) is 12.7. The van der Waals surface area contributed by atoms with Crippen molar-refractivity contribution in [1.29, 1.82) is 0 Å². The van der Waals surface area contributed by atoms with Crippen molar-refractivity contribution in [2.75, 3.05) is 32.8 Å². The van der Waals surface area contributed by atoms with Crippen LogP contribution in [0.3, 0.4) is 0 Å². The second-order valence-corrected chi connectivity index (χ2v) is 10.0. The molecule has 0 unspecified atom stereocenters. The van der Waals surface area contributed by atoms with Crippen molar-refractivity contribution in [3.8, 4) is 11.1 Å². The molecule has 3 heterocycles. The van der Waals surface area contributed by atoms with Gasteiger partial charge in [0.15, 0.2) is 0 Å². The average molecular weight is 527 g/mol. The first-order chi connectivity index (χ1) is 18.6. The quantitative estimate of drug-likeness (QED) is 0.403. The third-order valence-electron chi connectivity index (χ3n) is 7.14. The van der Waals surface area contributed by atoms with E-state index < -0.39 is 0 Å². The zero-order valence-electron chi connectivity index (χ0n) is 20.8. The van der Waals surface area contributed by atoms with Gasteiger partial charge in [0.2, 0.25) is 0 Å². The summed E-state index contributed by atoms with van der Waals surface area (Å²) in [4.78, 5) is 32.3. The number of nitrogens with one attached hydrogen (secondary N) is 1. The number of pyridine rings is 1. The van der Waals surface area contributed by atoms with Crippen LogP contribution in [0.1, 0.15) is 23.6 Å². The van der Waals surface area contributed by atoms with Gasteiger partial charge in [-0.1, -0.05) is 72.3 Å². The maximum atomic E-state index is 13.6. The van der Waals surface area contributed by atoms with Crippen molar-refractivity contribution in [1.82, 2.24) is 14.9 Å². The predicted molar refractivity (Wildman–Crippen MR) is 149 cm³/mol. The van der Waals surface area contributed by atoms with E-state index in [0.29, 0.717) is 54.5 Å². The van der Waals surface area contributed by atoms with E-state index in [1.54, 1.807) is 11.1 Å². The number of fused-ring (bicyclic) bond motifs is 1. The zero-order valence-corrected chi connectivity index (χ0v) is 21.5. The number of morpholine rings is 1. The van der Waals surface area contributed by atoms with Gasteiger partial charge in [0.05, 0.1) is 37.1 Å². The zero-order chi connectivity index (χ0) is 26.1. The van der Waals surface area contributed by atoms with Crippen LogP contribution in [-0.4, -0.2) is 59.4 Å². The second kappa shape index (κ2) is 10.5. The Morgan fingerprint density at radius 2 is 1.68 bits per heavy atom. The molecule has 1 atom stereocenters. The largest absolute Gasteiger partial charge is 0.379 e. The summed E-state index contributed by atoms with van der Waals surface area (Å²) in [6.07, 6.45) is 0.424. The van der Waals surface area contributed by atoms with Crippen molar-refractivity contribution < 1.29 is 9.53 Å². The van der Waals surface area contributed by atoms with Gasteiger partial charge in [0.1, 0.15) is 0 Å². The summed E-state index contributed by atoms with van der Waals surface area (Å²) in [5, 5.41) is 7.82. The number of benzene rings is 3. The van der Waals surface area contributed by atoms with Crippen molar-refractivity contribution >= 4 is 34.1 Å². The Kier molecular flexibility index (Phi) is 6.81. The van der Waals surface area contributed by atoms with Crippen molar-refractivity contribution in [2.45, 2.75) is 12.5 Å². The fourth-order valence-corrected chi connectivity index (χ4v) is 5.47. The molecule has 6 rings (SSSR count). The summed E-state index contributed by atoms with van der Waals surface area (Å²) in [6.45, 7) is 2.88. The number of H-pyrrole nitrogens is 1. The molecule has 8 heteroatoms. The number of hydrogen-bond donors (Lipinski definition) is 1. The molecule has 7 nitrogen and oxygen atoms in total. The average Bonchev–Trinajstić information content (AvgIpc) is 3.39. The van der Waals surface area contributed by atoms with Gasteiger partial charge in [-0.3, -0.25) is 14.5 Å². The summed E-state index contributed by atoms with van der Waals surface area (Å²) in [5.74, 6) is -0.0997. The first kappa shape index (κ1) is 24.6. The number of amides is 1. The van der Waals surface area contributed by atoms with Gasteiger partial charge in [-0.05, 0) is 29.3 Å². The number of rotatable bonds is 5. The van der Waals surface area contributed by atoms with E-state index in [4.69, 9.17) is 21.4 Å². The summed E-state index contributed by atoms with van der Waals surface area (Å²) in [5.41, 5.74) is 4.12. The molecule has 0 bridgehead atoms. The molecule has 0 spiro atoms. The van der Waals surface area contributed by atoms with E-state index >= 15 is 0 Å². The summed E-state index contributed by atoms with van der Waals surface area (Å²) in [7, 11) is 0. The molecule has 1 amide bonds. The van der Waals surface area contributed by atoms with Gasteiger partial charge in [-0.15, -0.1) is 0 Å². The van der Waals surface area contributed by atoms with Crippen LogP contribution in [0.25, 0.3) is 22.0 Å². The number of aromatic amines is 1. The lowest BCUT2D eigenvalue weighted by Gasteiger charge is -2.29. The number of aromatic nitrogens is 1. The Labute approximate surface area is 225 Å². The first-order valence-corrected chi connectivity index (χ1v) is 13.1. The third kappa shape index (κ3) is 4.76. The minimum atomic E-state index is -0.308. The topological polar surface area (TPSA) is 78.0 Å². The molecule has 1 N–H and O–H groups in total. The summed E-state index contributed by atoms with van der Waals surface area (Å²) in [6, 6.07) is 24.8. The molecule has 1 aromatic heterocycles. The third-order valence-corrected chi connectivity index (χ3v) is 7.38. The number of halogens is 1. The fourth-order valence-electron chi connectivity index (χ4n) is 5.29. The summed E-state index contributed by atoms with van der Waals surface area (Å²) >= 11 is 6.40. The number of nitrogens with zero attached hydrogens (tertiary/aromatic N) is 3. The lowest BCUT2D eigenvalue weighted by atomic mass is 9.91. The maximum Gasteiger partial charge on any atom is 0.258 e. The minimum absolute atomic E-state index is 0.0997. The normalized spacial score (nSPS) is 18.1. The second-order valence-electron chi connectivity index (χ2n) is 9.56. The van der Waals surface area contributed by atoms with Crippen molar-refractivity contribution in [3.63, 3.8) is 0 Å². The lowest BCUT2D eigenvalue weighted by Crippen LogP contribution is -2.43. The van der Waals surface area contributed by atoms with Crippen LogP contribution in [-0.2, 0) is 9.53 Å². The van der Waals surface area contributed by atoms with Gasteiger partial charge in [0.25, 0.3) is 11.5 Å². The molecular weight excluding hydrogens is 500 g/mol. The van der Waals surface area contributed by atoms with Gasteiger partial charge < -0.3 is 9.72 Å². The molecule has 38 heavy (non-hydrogen) atoms. The molecule has 192 valence electrons. The molecular formula is C30H27ClN4O3. The van der Waals surface area contributed by atoms with Crippen LogP contribution < -0.4 is 5.56 Å². The highest BCUT2D eigenvalue weighted by atomic mass is 35.5. The molecule has 4 aromatic rings. The standard InChI is InChI=1S/C30H27ClN4O3/c31-22-11-12-24-23(17-22)28(21-9-5-2-6-10-21)29(30(37)32-24)25-18-26(20-7-3-1-4-8-20)35(33-25)27(36)19-34-13-15-38-16-14-34/h1-12,17,26H,13-16,18-19H2,(H,32,37)/t26-/m0/s1. The number of hydrazone groups is 1. The molecule has 3 aromatic carbocycles. The number of hydrogen-bond acceptors (Lipinski definition) is 5. The van der Waals surface area contributed by atoms with E-state index in [0.717, 1.165) is 22.1 Å². The van der Waals surface area contributed by atoms with Gasteiger partial charge in [-0.2, -0.15) is 5.10 Å². The highest BCUT2D eigenvalue weighted by molar-refractivity contribution is 6.31. The van der Waals surface area contributed by atoms with Gasteiger partial charge in [-0.25, -0.2) is 5.01 Å².